The lowest BCUT2D eigenvalue weighted by Gasteiger charge is -2.04. The maximum absolute atomic E-state index is 11.5. The number of nitrogen functional groups attached to an aromatic ring is 1. The standard InChI is InChI=1S/C11H11BrN4O2/c12-8-1-2-10(14-3-8)7-18-11(17)6-16-5-9(13)4-15-16/h1-5H,6-7,13H2. The van der Waals surface area contributed by atoms with Crippen molar-refractivity contribution in [2.75, 3.05) is 5.73 Å². The largest absolute Gasteiger partial charge is 0.458 e. The highest BCUT2D eigenvalue weighted by molar-refractivity contribution is 9.10. The number of aromatic nitrogens is 3. The molecule has 18 heavy (non-hydrogen) atoms. The predicted molar refractivity (Wildman–Crippen MR) is 68.4 cm³/mol. The summed E-state index contributed by atoms with van der Waals surface area (Å²) >= 11 is 3.28. The summed E-state index contributed by atoms with van der Waals surface area (Å²) in [6.45, 7) is 0.177. The van der Waals surface area contributed by atoms with Gasteiger partial charge in [0, 0.05) is 16.9 Å². The van der Waals surface area contributed by atoms with Gasteiger partial charge in [-0.3, -0.25) is 14.5 Å². The molecule has 0 saturated heterocycles. The maximum atomic E-state index is 11.5. The normalized spacial score (nSPS) is 10.3. The first-order valence-corrected chi connectivity index (χ1v) is 5.97. The maximum Gasteiger partial charge on any atom is 0.328 e. The molecule has 94 valence electrons. The van der Waals surface area contributed by atoms with Gasteiger partial charge in [-0.05, 0) is 28.1 Å². The van der Waals surface area contributed by atoms with E-state index in [4.69, 9.17) is 10.5 Å². The highest BCUT2D eigenvalue weighted by Crippen LogP contribution is 2.08. The Labute approximate surface area is 112 Å². The van der Waals surface area contributed by atoms with Crippen molar-refractivity contribution in [1.29, 1.82) is 0 Å². The van der Waals surface area contributed by atoms with Crippen LogP contribution < -0.4 is 5.73 Å². The molecule has 0 aromatic carbocycles. The first-order chi connectivity index (χ1) is 8.63. The van der Waals surface area contributed by atoms with E-state index < -0.39 is 0 Å². The second-order valence-electron chi connectivity index (χ2n) is 3.60. The predicted octanol–water partition coefficient (Wildman–Crippen LogP) is 1.37. The van der Waals surface area contributed by atoms with Crippen LogP contribution in [0.4, 0.5) is 5.69 Å². The van der Waals surface area contributed by atoms with E-state index in [9.17, 15) is 4.79 Å². The van der Waals surface area contributed by atoms with E-state index in [0.29, 0.717) is 11.4 Å². The van der Waals surface area contributed by atoms with Crippen molar-refractivity contribution in [3.63, 3.8) is 0 Å². The number of nitrogens with two attached hydrogens (primary N) is 1. The zero-order valence-corrected chi connectivity index (χ0v) is 11.0. The van der Waals surface area contributed by atoms with Gasteiger partial charge < -0.3 is 10.5 Å². The molecule has 0 saturated carbocycles. The summed E-state index contributed by atoms with van der Waals surface area (Å²) in [7, 11) is 0. The second-order valence-corrected chi connectivity index (χ2v) is 4.52. The molecular formula is C11H11BrN4O2. The van der Waals surface area contributed by atoms with E-state index in [0.717, 1.165) is 4.47 Å². The number of rotatable bonds is 4. The number of anilines is 1. The van der Waals surface area contributed by atoms with Crippen LogP contribution in [0.3, 0.4) is 0 Å². The third kappa shape index (κ3) is 3.56. The van der Waals surface area contributed by atoms with Gasteiger partial charge in [0.25, 0.3) is 0 Å². The summed E-state index contributed by atoms with van der Waals surface area (Å²) in [5.41, 5.74) is 6.68. The molecule has 0 spiro atoms. The number of hydrogen-bond donors (Lipinski definition) is 1. The lowest BCUT2D eigenvalue weighted by atomic mass is 10.4. The molecule has 0 aliphatic heterocycles. The number of pyridine rings is 1. The quantitative estimate of drug-likeness (QED) is 0.862. The molecule has 7 heteroatoms. The summed E-state index contributed by atoms with van der Waals surface area (Å²) in [6.07, 6.45) is 4.69. The SMILES string of the molecule is Nc1cnn(CC(=O)OCc2ccc(Br)cn2)c1. The third-order valence-electron chi connectivity index (χ3n) is 2.11. The highest BCUT2D eigenvalue weighted by atomic mass is 79.9. The van der Waals surface area contributed by atoms with Crippen LogP contribution >= 0.6 is 15.9 Å². The summed E-state index contributed by atoms with van der Waals surface area (Å²) in [5, 5.41) is 3.89. The number of ether oxygens (including phenoxy) is 1. The molecule has 2 N–H and O–H groups in total. The molecular weight excluding hydrogens is 300 g/mol. The van der Waals surface area contributed by atoms with E-state index in [1.54, 1.807) is 18.5 Å². The van der Waals surface area contributed by atoms with Gasteiger partial charge in [-0.15, -0.1) is 0 Å². The molecule has 0 aliphatic rings. The van der Waals surface area contributed by atoms with Gasteiger partial charge in [0.1, 0.15) is 13.2 Å². The fourth-order valence-corrected chi connectivity index (χ4v) is 1.52. The Balaban J connectivity index is 1.83. The zero-order valence-electron chi connectivity index (χ0n) is 9.41. The van der Waals surface area contributed by atoms with Crippen LogP contribution in [0.1, 0.15) is 5.69 Å². The van der Waals surface area contributed by atoms with Crippen molar-refractivity contribution in [3.05, 3.63) is 40.9 Å². The Bertz CT molecular complexity index is 538. The Morgan fingerprint density at radius 1 is 1.44 bits per heavy atom. The number of hydrogen-bond acceptors (Lipinski definition) is 5. The van der Waals surface area contributed by atoms with E-state index in [1.807, 2.05) is 6.07 Å². The minimum absolute atomic E-state index is 0.0354. The lowest BCUT2D eigenvalue weighted by molar-refractivity contribution is -0.146. The van der Waals surface area contributed by atoms with Crippen molar-refractivity contribution in [3.8, 4) is 0 Å². The van der Waals surface area contributed by atoms with Gasteiger partial charge in [-0.2, -0.15) is 5.10 Å². The monoisotopic (exact) mass is 310 g/mol. The van der Waals surface area contributed by atoms with Gasteiger partial charge in [-0.25, -0.2) is 0 Å². The fraction of sp³-hybridized carbons (Fsp3) is 0.182. The zero-order chi connectivity index (χ0) is 13.0. The lowest BCUT2D eigenvalue weighted by Crippen LogP contribution is -2.14. The van der Waals surface area contributed by atoms with Crippen LogP contribution in [-0.4, -0.2) is 20.7 Å². The van der Waals surface area contributed by atoms with E-state index in [2.05, 4.69) is 26.0 Å². The third-order valence-corrected chi connectivity index (χ3v) is 2.58. The Morgan fingerprint density at radius 3 is 2.89 bits per heavy atom. The molecule has 0 amide bonds. The van der Waals surface area contributed by atoms with Gasteiger partial charge in [-0.1, -0.05) is 0 Å². The minimum atomic E-state index is -0.386. The molecule has 0 aliphatic carbocycles. The summed E-state index contributed by atoms with van der Waals surface area (Å²) < 4.78 is 7.37. The molecule has 2 rings (SSSR count). The van der Waals surface area contributed by atoms with Crippen LogP contribution in [0.2, 0.25) is 0 Å². The first kappa shape index (κ1) is 12.6. The van der Waals surface area contributed by atoms with Crippen LogP contribution in [0.5, 0.6) is 0 Å². The smallest absolute Gasteiger partial charge is 0.328 e. The summed E-state index contributed by atoms with van der Waals surface area (Å²) in [4.78, 5) is 15.6. The van der Waals surface area contributed by atoms with E-state index >= 15 is 0 Å². The van der Waals surface area contributed by atoms with Crippen LogP contribution in [0, 0.1) is 0 Å². The van der Waals surface area contributed by atoms with Crippen LogP contribution in [0.25, 0.3) is 0 Å². The average Bonchev–Trinajstić information content (AvgIpc) is 2.74. The topological polar surface area (TPSA) is 83.0 Å². The van der Waals surface area contributed by atoms with E-state index in [1.165, 1.54) is 10.9 Å². The summed E-state index contributed by atoms with van der Waals surface area (Å²) in [5.74, 6) is -0.386. The average molecular weight is 311 g/mol. The first-order valence-electron chi connectivity index (χ1n) is 5.17. The number of halogens is 1. The molecule has 0 bridgehead atoms. The van der Waals surface area contributed by atoms with Crippen LogP contribution in [-0.2, 0) is 22.7 Å². The van der Waals surface area contributed by atoms with Crippen molar-refractivity contribution in [2.45, 2.75) is 13.2 Å². The van der Waals surface area contributed by atoms with Crippen LogP contribution in [0.15, 0.2) is 35.2 Å². The molecule has 6 nitrogen and oxygen atoms in total. The molecule has 2 heterocycles. The molecule has 2 aromatic rings. The Hall–Kier alpha value is -1.89. The number of carbonyl (C=O) groups is 1. The van der Waals surface area contributed by atoms with E-state index in [-0.39, 0.29) is 19.1 Å². The second kappa shape index (κ2) is 5.63. The number of carbonyl (C=O) groups excluding carboxylic acids is 1. The van der Waals surface area contributed by atoms with Gasteiger partial charge in [0.05, 0.1) is 17.6 Å². The van der Waals surface area contributed by atoms with Crippen molar-refractivity contribution >= 4 is 27.6 Å². The van der Waals surface area contributed by atoms with Crippen molar-refractivity contribution in [2.24, 2.45) is 0 Å². The Kier molecular flexibility index (Phi) is 3.93. The fourth-order valence-electron chi connectivity index (χ4n) is 1.29. The molecule has 2 aromatic heterocycles. The van der Waals surface area contributed by atoms with Crippen molar-refractivity contribution < 1.29 is 9.53 Å². The van der Waals surface area contributed by atoms with Crippen molar-refractivity contribution in [1.82, 2.24) is 14.8 Å². The molecule has 0 radical (unpaired) electrons. The summed E-state index contributed by atoms with van der Waals surface area (Å²) in [6, 6.07) is 3.62. The minimum Gasteiger partial charge on any atom is -0.458 e. The van der Waals surface area contributed by atoms with Gasteiger partial charge >= 0.3 is 5.97 Å². The number of nitrogens with zero attached hydrogens (tertiary/aromatic N) is 3. The molecule has 0 fully saturated rings. The molecule has 0 atom stereocenters. The van der Waals surface area contributed by atoms with Gasteiger partial charge in [0.2, 0.25) is 0 Å². The number of esters is 1. The molecule has 0 unspecified atom stereocenters. The van der Waals surface area contributed by atoms with Gasteiger partial charge in [0.15, 0.2) is 0 Å². The highest BCUT2D eigenvalue weighted by Gasteiger charge is 2.06. The Morgan fingerprint density at radius 2 is 2.28 bits per heavy atom.